The molecule has 0 unspecified atom stereocenters. The SMILES string of the molecule is Cn1c(CN2CCCN(S(=O)(=O)c3ccc(F)cc3)CC2)cc(=O)n(C)c1=O. The highest BCUT2D eigenvalue weighted by Crippen LogP contribution is 2.18. The van der Waals surface area contributed by atoms with Gasteiger partial charge in [-0.3, -0.25) is 18.8 Å². The molecule has 0 aliphatic carbocycles. The average molecular weight is 410 g/mol. The Morgan fingerprint density at radius 1 is 0.964 bits per heavy atom. The van der Waals surface area contributed by atoms with Crippen LogP contribution in [0.15, 0.2) is 44.8 Å². The standard InChI is InChI=1S/C18H23FN4O4S/c1-20-15(12-17(24)21(2)18(20)25)13-22-8-3-9-23(11-10-22)28(26,27)16-6-4-14(19)5-7-16/h4-7,12H,3,8-11,13H2,1-2H3. The van der Waals surface area contributed by atoms with Crippen LogP contribution >= 0.6 is 0 Å². The zero-order chi connectivity index (χ0) is 20.5. The minimum absolute atomic E-state index is 0.0660. The van der Waals surface area contributed by atoms with Crippen molar-refractivity contribution in [2.45, 2.75) is 17.9 Å². The molecule has 0 amide bonds. The molecule has 152 valence electrons. The van der Waals surface area contributed by atoms with Crippen molar-refractivity contribution >= 4 is 10.0 Å². The summed E-state index contributed by atoms with van der Waals surface area (Å²) < 4.78 is 42.5. The van der Waals surface area contributed by atoms with Crippen LogP contribution in [0.4, 0.5) is 4.39 Å². The Balaban J connectivity index is 1.75. The molecule has 2 heterocycles. The van der Waals surface area contributed by atoms with Crippen LogP contribution in [0.2, 0.25) is 0 Å². The van der Waals surface area contributed by atoms with Crippen molar-refractivity contribution in [2.24, 2.45) is 14.1 Å². The minimum Gasteiger partial charge on any atom is -0.299 e. The highest BCUT2D eigenvalue weighted by Gasteiger charge is 2.27. The Kier molecular flexibility index (Phi) is 5.82. The third-order valence-electron chi connectivity index (χ3n) is 5.01. The van der Waals surface area contributed by atoms with Crippen molar-refractivity contribution in [1.82, 2.24) is 18.3 Å². The maximum absolute atomic E-state index is 13.1. The number of halogens is 1. The van der Waals surface area contributed by atoms with Crippen molar-refractivity contribution in [3.05, 3.63) is 62.7 Å². The molecule has 1 aliphatic rings. The van der Waals surface area contributed by atoms with Crippen molar-refractivity contribution in [1.29, 1.82) is 0 Å². The van der Waals surface area contributed by atoms with Crippen LogP contribution in [0.25, 0.3) is 0 Å². The summed E-state index contributed by atoms with van der Waals surface area (Å²) in [6.45, 7) is 2.11. The molecule has 28 heavy (non-hydrogen) atoms. The predicted octanol–water partition coefficient (Wildman–Crippen LogP) is 0.120. The van der Waals surface area contributed by atoms with Crippen LogP contribution in [0.5, 0.6) is 0 Å². The summed E-state index contributed by atoms with van der Waals surface area (Å²) in [5.74, 6) is -0.486. The van der Waals surface area contributed by atoms with Crippen LogP contribution in [-0.4, -0.2) is 52.9 Å². The van der Waals surface area contributed by atoms with E-state index in [1.54, 1.807) is 7.05 Å². The smallest absolute Gasteiger partial charge is 0.299 e. The van der Waals surface area contributed by atoms with Gasteiger partial charge >= 0.3 is 5.69 Å². The molecule has 10 heteroatoms. The van der Waals surface area contributed by atoms with Gasteiger partial charge in [0.25, 0.3) is 5.56 Å². The number of nitrogens with zero attached hydrogens (tertiary/aromatic N) is 4. The Bertz CT molecular complexity index is 1080. The van der Waals surface area contributed by atoms with Gasteiger partial charge in [0.1, 0.15) is 5.82 Å². The zero-order valence-corrected chi connectivity index (χ0v) is 16.7. The van der Waals surface area contributed by atoms with Gasteiger partial charge in [-0.05, 0) is 37.2 Å². The van der Waals surface area contributed by atoms with Gasteiger partial charge < -0.3 is 0 Å². The summed E-state index contributed by atoms with van der Waals surface area (Å²) in [5.41, 5.74) is -0.172. The first kappa shape index (κ1) is 20.4. The monoisotopic (exact) mass is 410 g/mol. The summed E-state index contributed by atoms with van der Waals surface area (Å²) in [5, 5.41) is 0. The Hall–Kier alpha value is -2.30. The number of hydrogen-bond acceptors (Lipinski definition) is 5. The predicted molar refractivity (Wildman–Crippen MR) is 102 cm³/mol. The molecule has 8 nitrogen and oxygen atoms in total. The second-order valence-electron chi connectivity index (χ2n) is 6.86. The average Bonchev–Trinajstić information content (AvgIpc) is 2.91. The molecule has 0 N–H and O–H groups in total. The topological polar surface area (TPSA) is 84.6 Å². The number of sulfonamides is 1. The fourth-order valence-electron chi connectivity index (χ4n) is 3.26. The van der Waals surface area contributed by atoms with E-state index < -0.39 is 21.5 Å². The first-order valence-electron chi connectivity index (χ1n) is 8.94. The Morgan fingerprint density at radius 3 is 2.32 bits per heavy atom. The molecule has 0 saturated carbocycles. The lowest BCUT2D eigenvalue weighted by molar-refractivity contribution is 0.270. The highest BCUT2D eigenvalue weighted by molar-refractivity contribution is 7.89. The van der Waals surface area contributed by atoms with E-state index >= 15 is 0 Å². The van der Waals surface area contributed by atoms with Gasteiger partial charge in [-0.1, -0.05) is 0 Å². The summed E-state index contributed by atoms with van der Waals surface area (Å²) in [6.07, 6.45) is 0.610. The maximum atomic E-state index is 13.1. The summed E-state index contributed by atoms with van der Waals surface area (Å²) in [7, 11) is -0.654. The summed E-state index contributed by atoms with van der Waals surface area (Å²) >= 11 is 0. The van der Waals surface area contributed by atoms with E-state index in [0.717, 1.165) is 16.7 Å². The molecule has 0 radical (unpaired) electrons. The van der Waals surface area contributed by atoms with E-state index in [9.17, 15) is 22.4 Å². The van der Waals surface area contributed by atoms with Crippen molar-refractivity contribution in [2.75, 3.05) is 26.2 Å². The number of aromatic nitrogens is 2. The molecule has 1 aromatic heterocycles. The molecule has 0 atom stereocenters. The molecule has 1 saturated heterocycles. The molecule has 0 spiro atoms. The minimum atomic E-state index is -3.69. The zero-order valence-electron chi connectivity index (χ0n) is 15.8. The molecular weight excluding hydrogens is 387 g/mol. The van der Waals surface area contributed by atoms with Gasteiger partial charge in [-0.25, -0.2) is 17.6 Å². The number of benzene rings is 1. The third kappa shape index (κ3) is 4.08. The number of rotatable bonds is 4. The Morgan fingerprint density at radius 2 is 1.64 bits per heavy atom. The van der Waals surface area contributed by atoms with Crippen molar-refractivity contribution in [3.8, 4) is 0 Å². The van der Waals surface area contributed by atoms with Crippen LogP contribution in [0.3, 0.4) is 0 Å². The van der Waals surface area contributed by atoms with Gasteiger partial charge in [0.15, 0.2) is 0 Å². The largest absolute Gasteiger partial charge is 0.330 e. The van der Waals surface area contributed by atoms with Crippen LogP contribution < -0.4 is 11.2 Å². The summed E-state index contributed by atoms with van der Waals surface area (Å²) in [6, 6.07) is 6.23. The maximum Gasteiger partial charge on any atom is 0.330 e. The third-order valence-corrected chi connectivity index (χ3v) is 6.92. The molecule has 3 rings (SSSR count). The lowest BCUT2D eigenvalue weighted by Crippen LogP contribution is -2.40. The fourth-order valence-corrected chi connectivity index (χ4v) is 4.73. The van der Waals surface area contributed by atoms with Crippen molar-refractivity contribution < 1.29 is 12.8 Å². The number of hydrogen-bond donors (Lipinski definition) is 0. The van der Waals surface area contributed by atoms with Gasteiger partial charge in [0.2, 0.25) is 10.0 Å². The lowest BCUT2D eigenvalue weighted by atomic mass is 10.3. The van der Waals surface area contributed by atoms with E-state index in [1.165, 1.54) is 34.1 Å². The first-order valence-corrected chi connectivity index (χ1v) is 10.4. The van der Waals surface area contributed by atoms with E-state index in [0.29, 0.717) is 38.3 Å². The molecular formula is C18H23FN4O4S. The van der Waals surface area contributed by atoms with Gasteiger partial charge in [0, 0.05) is 52.0 Å². The molecule has 1 aromatic carbocycles. The van der Waals surface area contributed by atoms with E-state index in [1.807, 2.05) is 4.90 Å². The quantitative estimate of drug-likeness (QED) is 0.715. The van der Waals surface area contributed by atoms with Crippen LogP contribution in [-0.2, 0) is 30.7 Å². The van der Waals surface area contributed by atoms with Crippen LogP contribution in [0, 0.1) is 5.82 Å². The van der Waals surface area contributed by atoms with E-state index in [2.05, 4.69) is 0 Å². The van der Waals surface area contributed by atoms with Crippen molar-refractivity contribution in [3.63, 3.8) is 0 Å². The van der Waals surface area contributed by atoms with Gasteiger partial charge in [-0.2, -0.15) is 4.31 Å². The molecule has 1 aliphatic heterocycles. The molecule has 2 aromatic rings. The molecule has 0 bridgehead atoms. The van der Waals surface area contributed by atoms with Gasteiger partial charge in [-0.15, -0.1) is 0 Å². The second kappa shape index (κ2) is 7.98. The van der Waals surface area contributed by atoms with E-state index in [-0.39, 0.29) is 17.0 Å². The first-order chi connectivity index (χ1) is 13.2. The lowest BCUT2D eigenvalue weighted by Gasteiger charge is -2.22. The Labute approximate surface area is 162 Å². The summed E-state index contributed by atoms with van der Waals surface area (Å²) in [4.78, 5) is 26.1. The van der Waals surface area contributed by atoms with Gasteiger partial charge in [0.05, 0.1) is 4.90 Å². The van der Waals surface area contributed by atoms with E-state index in [4.69, 9.17) is 0 Å². The van der Waals surface area contributed by atoms with Crippen LogP contribution in [0.1, 0.15) is 12.1 Å². The normalized spacial score (nSPS) is 16.8. The highest BCUT2D eigenvalue weighted by atomic mass is 32.2. The second-order valence-corrected chi connectivity index (χ2v) is 8.80. The fraction of sp³-hybridized carbons (Fsp3) is 0.444. The molecule has 1 fully saturated rings.